The number of para-hydroxylation sites is 1. The van der Waals surface area contributed by atoms with Crippen molar-refractivity contribution in [3.8, 4) is 5.69 Å². The molecule has 4 aromatic rings. The van der Waals surface area contributed by atoms with Gasteiger partial charge in [0.05, 0.1) is 6.54 Å². The van der Waals surface area contributed by atoms with Gasteiger partial charge in [0.1, 0.15) is 5.69 Å². The summed E-state index contributed by atoms with van der Waals surface area (Å²) >= 11 is 0. The maximum absolute atomic E-state index is 13.0. The number of H-pyrrole nitrogens is 1. The van der Waals surface area contributed by atoms with Gasteiger partial charge >= 0.3 is 11.2 Å². The lowest BCUT2D eigenvalue weighted by Gasteiger charge is -2.08. The molecular weight excluding hydrogens is 352 g/mol. The fraction of sp³-hybridized carbons (Fsp3) is 0.227. The van der Waals surface area contributed by atoms with Crippen molar-refractivity contribution in [2.24, 2.45) is 0 Å². The third-order valence-electron chi connectivity index (χ3n) is 4.48. The predicted molar refractivity (Wildman–Crippen MR) is 111 cm³/mol. The van der Waals surface area contributed by atoms with Gasteiger partial charge in [-0.05, 0) is 24.6 Å². The molecule has 2 aromatic carbocycles. The summed E-state index contributed by atoms with van der Waals surface area (Å²) in [6.45, 7) is 6.67. The molecule has 0 atom stereocenters. The Hall–Kier alpha value is -3.41. The molecule has 144 valence electrons. The zero-order chi connectivity index (χ0) is 20.1. The Bertz CT molecular complexity index is 1170. The fourth-order valence-electron chi connectivity index (χ4n) is 3.23. The smallest absolute Gasteiger partial charge is 0.269 e. The van der Waals surface area contributed by atoms with Crippen molar-refractivity contribution in [3.05, 3.63) is 93.4 Å². The molecule has 0 bridgehead atoms. The van der Waals surface area contributed by atoms with Crippen LogP contribution in [0.2, 0.25) is 0 Å². The number of fused-ring (bicyclic) bond motifs is 1. The lowest BCUT2D eigenvalue weighted by Crippen LogP contribution is -2.44. The zero-order valence-electron chi connectivity index (χ0n) is 16.4. The maximum Gasteiger partial charge on any atom is 0.394 e. The SMILES string of the molecule is CC.CCn1c(=O)c2[nH]c[n+](Cc3ccccc3)c2n(-c2ccccc2)c1=O. The van der Waals surface area contributed by atoms with E-state index in [0.29, 0.717) is 24.3 Å². The first-order valence-electron chi connectivity index (χ1n) is 9.56. The first kappa shape index (κ1) is 19.4. The van der Waals surface area contributed by atoms with Crippen LogP contribution in [0.5, 0.6) is 0 Å². The lowest BCUT2D eigenvalue weighted by atomic mass is 10.2. The highest BCUT2D eigenvalue weighted by atomic mass is 16.2. The van der Waals surface area contributed by atoms with Gasteiger partial charge < -0.3 is 0 Å². The van der Waals surface area contributed by atoms with Crippen LogP contribution < -0.4 is 15.8 Å². The van der Waals surface area contributed by atoms with Crippen molar-refractivity contribution in [1.82, 2.24) is 14.1 Å². The van der Waals surface area contributed by atoms with Gasteiger partial charge in [-0.1, -0.05) is 62.4 Å². The average Bonchev–Trinajstić information content (AvgIpc) is 3.15. The summed E-state index contributed by atoms with van der Waals surface area (Å²) in [5, 5.41) is 0. The number of aromatic amines is 1. The van der Waals surface area contributed by atoms with Gasteiger partial charge in [0.25, 0.3) is 5.65 Å². The van der Waals surface area contributed by atoms with Crippen LogP contribution in [0.25, 0.3) is 16.9 Å². The molecule has 0 aliphatic heterocycles. The Morgan fingerprint density at radius 1 is 0.929 bits per heavy atom. The van der Waals surface area contributed by atoms with Crippen LogP contribution in [-0.2, 0) is 13.1 Å². The normalized spacial score (nSPS) is 10.5. The van der Waals surface area contributed by atoms with E-state index in [4.69, 9.17) is 0 Å². The van der Waals surface area contributed by atoms with E-state index in [2.05, 4.69) is 4.98 Å². The van der Waals surface area contributed by atoms with Gasteiger partial charge in [0.15, 0.2) is 6.33 Å². The largest absolute Gasteiger partial charge is 0.394 e. The summed E-state index contributed by atoms with van der Waals surface area (Å²) in [5.74, 6) is 0. The molecule has 0 amide bonds. The zero-order valence-corrected chi connectivity index (χ0v) is 16.4. The molecule has 2 heterocycles. The number of rotatable bonds is 4. The van der Waals surface area contributed by atoms with Gasteiger partial charge in [-0.15, -0.1) is 0 Å². The van der Waals surface area contributed by atoms with E-state index in [1.807, 2.05) is 79.1 Å². The standard InChI is InChI=1S/C20H18N4O2.C2H6/c1-2-23-19(25)17-18(24(20(23)26)16-11-7-4-8-12-16)22(14-21-17)13-15-9-5-3-6-10-15;1-2/h3-12,14H,2,13H2,1H3;1-2H3/p+1. The predicted octanol–water partition coefficient (Wildman–Crippen LogP) is 2.86. The van der Waals surface area contributed by atoms with Gasteiger partial charge in [0, 0.05) is 6.54 Å². The quantitative estimate of drug-likeness (QED) is 0.556. The summed E-state index contributed by atoms with van der Waals surface area (Å²) in [6.07, 6.45) is 1.75. The molecular formula is C22H25N4O2+. The number of hydrogen-bond donors (Lipinski definition) is 1. The number of imidazole rings is 1. The second-order valence-electron chi connectivity index (χ2n) is 6.09. The Labute approximate surface area is 163 Å². The summed E-state index contributed by atoms with van der Waals surface area (Å²) in [6, 6.07) is 19.3. The number of hydrogen-bond acceptors (Lipinski definition) is 2. The molecule has 6 nitrogen and oxygen atoms in total. The first-order valence-corrected chi connectivity index (χ1v) is 9.56. The van der Waals surface area contributed by atoms with E-state index in [-0.39, 0.29) is 11.2 Å². The molecule has 1 N–H and O–H groups in total. The van der Waals surface area contributed by atoms with Crippen LogP contribution in [-0.4, -0.2) is 14.1 Å². The van der Waals surface area contributed by atoms with E-state index in [1.54, 1.807) is 17.8 Å². The number of aromatic nitrogens is 4. The van der Waals surface area contributed by atoms with Crippen LogP contribution in [0.4, 0.5) is 0 Å². The van der Waals surface area contributed by atoms with Crippen LogP contribution >= 0.6 is 0 Å². The summed E-state index contributed by atoms with van der Waals surface area (Å²) in [5.41, 5.74) is 2.17. The molecule has 0 fully saturated rings. The van der Waals surface area contributed by atoms with Crippen LogP contribution in [0.15, 0.2) is 76.6 Å². The highest BCUT2D eigenvalue weighted by Gasteiger charge is 2.24. The molecule has 28 heavy (non-hydrogen) atoms. The van der Waals surface area contributed by atoms with Gasteiger partial charge in [-0.2, -0.15) is 4.57 Å². The molecule has 4 rings (SSSR count). The van der Waals surface area contributed by atoms with Crippen LogP contribution in [0.1, 0.15) is 26.3 Å². The average molecular weight is 377 g/mol. The van der Waals surface area contributed by atoms with E-state index < -0.39 is 0 Å². The second-order valence-corrected chi connectivity index (χ2v) is 6.09. The molecule has 0 aliphatic rings. The minimum absolute atomic E-state index is 0.300. The van der Waals surface area contributed by atoms with Crippen LogP contribution in [0, 0.1) is 0 Å². The van der Waals surface area contributed by atoms with Crippen molar-refractivity contribution in [1.29, 1.82) is 0 Å². The minimum Gasteiger partial charge on any atom is -0.269 e. The minimum atomic E-state index is -0.336. The highest BCUT2D eigenvalue weighted by Crippen LogP contribution is 2.10. The lowest BCUT2D eigenvalue weighted by molar-refractivity contribution is -0.664. The number of nitrogens with zero attached hydrogens (tertiary/aromatic N) is 3. The third-order valence-corrected chi connectivity index (χ3v) is 4.48. The molecule has 0 saturated heterocycles. The molecule has 0 saturated carbocycles. The van der Waals surface area contributed by atoms with Gasteiger partial charge in [-0.3, -0.25) is 9.78 Å². The van der Waals surface area contributed by atoms with Crippen molar-refractivity contribution >= 4 is 11.2 Å². The molecule has 0 unspecified atom stereocenters. The third kappa shape index (κ3) is 3.41. The fourth-order valence-corrected chi connectivity index (χ4v) is 3.23. The molecule has 0 spiro atoms. The number of benzene rings is 2. The molecule has 6 heteroatoms. The van der Waals surface area contributed by atoms with Gasteiger partial charge in [-0.25, -0.2) is 13.9 Å². The second kappa shape index (κ2) is 8.52. The molecule has 0 radical (unpaired) electrons. The van der Waals surface area contributed by atoms with E-state index in [9.17, 15) is 9.59 Å². The Balaban J connectivity index is 0.00000109. The molecule has 0 aliphatic carbocycles. The van der Waals surface area contributed by atoms with Crippen molar-refractivity contribution in [2.45, 2.75) is 33.9 Å². The highest BCUT2D eigenvalue weighted by molar-refractivity contribution is 5.68. The van der Waals surface area contributed by atoms with Gasteiger partial charge in [0.2, 0.25) is 5.52 Å². The van der Waals surface area contributed by atoms with Crippen molar-refractivity contribution in [3.63, 3.8) is 0 Å². The summed E-state index contributed by atoms with van der Waals surface area (Å²) < 4.78 is 4.75. The summed E-state index contributed by atoms with van der Waals surface area (Å²) in [4.78, 5) is 28.8. The first-order chi connectivity index (χ1) is 13.7. The van der Waals surface area contributed by atoms with E-state index in [1.165, 1.54) is 4.57 Å². The van der Waals surface area contributed by atoms with Crippen molar-refractivity contribution in [2.75, 3.05) is 0 Å². The Morgan fingerprint density at radius 3 is 2.14 bits per heavy atom. The maximum atomic E-state index is 13.0. The Morgan fingerprint density at radius 2 is 1.54 bits per heavy atom. The van der Waals surface area contributed by atoms with Crippen LogP contribution in [0.3, 0.4) is 0 Å². The van der Waals surface area contributed by atoms with Crippen molar-refractivity contribution < 1.29 is 4.57 Å². The monoisotopic (exact) mass is 377 g/mol. The van der Waals surface area contributed by atoms with E-state index in [0.717, 1.165) is 11.3 Å². The molecule has 2 aromatic heterocycles. The van der Waals surface area contributed by atoms with E-state index >= 15 is 0 Å². The summed E-state index contributed by atoms with van der Waals surface area (Å²) in [7, 11) is 0. The topological polar surface area (TPSA) is 63.7 Å². The number of nitrogens with one attached hydrogen (secondary N) is 1. The Kier molecular flexibility index (Phi) is 5.89.